The van der Waals surface area contributed by atoms with Crippen molar-refractivity contribution >= 4 is 22.5 Å². The van der Waals surface area contributed by atoms with Gasteiger partial charge in [-0.3, -0.25) is 19.1 Å². The van der Waals surface area contributed by atoms with Gasteiger partial charge in [-0.2, -0.15) is 0 Å². The number of anilines is 1. The number of aromatic nitrogens is 2. The standard InChI is InChI=1S/C22H24FN5O2/c1-24-18-3-2-4-19-20(18)22(30)28(15-25-19)14-11-26-9-12-27(13-10-26)21(29)16-5-7-17(23)8-6-16/h2-8,15,24H,9-14H2,1H3. The number of fused-ring (bicyclic) bond motifs is 1. The highest BCUT2D eigenvalue weighted by Gasteiger charge is 2.22. The molecule has 4 rings (SSSR count). The molecule has 0 aliphatic carbocycles. The van der Waals surface area contributed by atoms with Gasteiger partial charge < -0.3 is 10.2 Å². The number of hydrogen-bond acceptors (Lipinski definition) is 5. The molecule has 1 aliphatic heterocycles. The Morgan fingerprint density at radius 2 is 1.80 bits per heavy atom. The Morgan fingerprint density at radius 1 is 1.07 bits per heavy atom. The fourth-order valence-electron chi connectivity index (χ4n) is 3.77. The Balaban J connectivity index is 1.37. The molecule has 0 bridgehead atoms. The van der Waals surface area contributed by atoms with Gasteiger partial charge in [0.1, 0.15) is 5.82 Å². The first-order chi connectivity index (χ1) is 14.6. The van der Waals surface area contributed by atoms with E-state index in [1.165, 1.54) is 24.3 Å². The van der Waals surface area contributed by atoms with Crippen LogP contribution in [0.2, 0.25) is 0 Å². The lowest BCUT2D eigenvalue weighted by molar-refractivity contribution is 0.0633. The van der Waals surface area contributed by atoms with Crippen LogP contribution in [0.5, 0.6) is 0 Å². The van der Waals surface area contributed by atoms with Crippen molar-refractivity contribution in [3.63, 3.8) is 0 Å². The molecule has 8 heteroatoms. The molecule has 1 aromatic heterocycles. The monoisotopic (exact) mass is 409 g/mol. The second-order valence-electron chi connectivity index (χ2n) is 7.33. The maximum absolute atomic E-state index is 13.1. The highest BCUT2D eigenvalue weighted by molar-refractivity contribution is 5.94. The summed E-state index contributed by atoms with van der Waals surface area (Å²) >= 11 is 0. The Hall–Kier alpha value is -3.26. The van der Waals surface area contributed by atoms with Crippen LogP contribution >= 0.6 is 0 Å². The number of benzene rings is 2. The average molecular weight is 409 g/mol. The number of halogens is 1. The summed E-state index contributed by atoms with van der Waals surface area (Å²) < 4.78 is 14.7. The fraction of sp³-hybridized carbons (Fsp3) is 0.318. The molecule has 1 amide bonds. The first kappa shape index (κ1) is 20.0. The molecule has 0 atom stereocenters. The quantitative estimate of drug-likeness (QED) is 0.698. The maximum atomic E-state index is 13.1. The summed E-state index contributed by atoms with van der Waals surface area (Å²) in [4.78, 5) is 33.9. The van der Waals surface area contributed by atoms with Crippen LogP contribution in [0, 0.1) is 5.82 Å². The Morgan fingerprint density at radius 3 is 2.50 bits per heavy atom. The smallest absolute Gasteiger partial charge is 0.263 e. The zero-order chi connectivity index (χ0) is 21.1. The zero-order valence-electron chi connectivity index (χ0n) is 16.8. The lowest BCUT2D eigenvalue weighted by atomic mass is 10.2. The Kier molecular flexibility index (Phi) is 5.76. The molecule has 30 heavy (non-hydrogen) atoms. The first-order valence-electron chi connectivity index (χ1n) is 10.00. The normalized spacial score (nSPS) is 14.8. The lowest BCUT2D eigenvalue weighted by Crippen LogP contribution is -2.49. The maximum Gasteiger partial charge on any atom is 0.263 e. The van der Waals surface area contributed by atoms with Crippen LogP contribution in [0.25, 0.3) is 10.9 Å². The molecule has 0 unspecified atom stereocenters. The SMILES string of the molecule is CNc1cccc2ncn(CCN3CCN(C(=O)c4ccc(F)cc4)CC3)c(=O)c12. The number of amides is 1. The Bertz CT molecular complexity index is 1100. The highest BCUT2D eigenvalue weighted by Crippen LogP contribution is 2.17. The van der Waals surface area contributed by atoms with Crippen molar-refractivity contribution in [2.45, 2.75) is 6.54 Å². The lowest BCUT2D eigenvalue weighted by Gasteiger charge is -2.34. The van der Waals surface area contributed by atoms with Crippen molar-refractivity contribution in [3.05, 3.63) is 70.5 Å². The van der Waals surface area contributed by atoms with Crippen molar-refractivity contribution in [1.29, 1.82) is 0 Å². The minimum absolute atomic E-state index is 0.0601. The number of piperazine rings is 1. The summed E-state index contributed by atoms with van der Waals surface area (Å²) in [7, 11) is 1.79. The minimum Gasteiger partial charge on any atom is -0.387 e. The molecule has 1 saturated heterocycles. The first-order valence-corrected chi connectivity index (χ1v) is 10.00. The van der Waals surface area contributed by atoms with E-state index in [-0.39, 0.29) is 17.3 Å². The number of hydrogen-bond donors (Lipinski definition) is 1. The molecule has 3 aromatic rings. The molecule has 2 aromatic carbocycles. The molecule has 156 valence electrons. The third-order valence-corrected chi connectivity index (χ3v) is 5.53. The summed E-state index contributed by atoms with van der Waals surface area (Å²) in [6.45, 7) is 3.89. The molecular weight excluding hydrogens is 385 g/mol. The molecule has 0 spiro atoms. The zero-order valence-corrected chi connectivity index (χ0v) is 16.8. The van der Waals surface area contributed by atoms with Crippen LogP contribution in [0.3, 0.4) is 0 Å². The molecule has 0 radical (unpaired) electrons. The van der Waals surface area contributed by atoms with E-state index in [1.54, 1.807) is 22.8 Å². The molecule has 1 N–H and O–H groups in total. The van der Waals surface area contributed by atoms with Gasteiger partial charge in [0.15, 0.2) is 0 Å². The van der Waals surface area contributed by atoms with E-state index in [2.05, 4.69) is 15.2 Å². The van der Waals surface area contributed by atoms with Gasteiger partial charge in [-0.1, -0.05) is 6.07 Å². The van der Waals surface area contributed by atoms with Crippen molar-refractivity contribution in [2.75, 3.05) is 45.1 Å². The van der Waals surface area contributed by atoms with Crippen LogP contribution in [0.1, 0.15) is 10.4 Å². The van der Waals surface area contributed by atoms with Gasteiger partial charge in [0, 0.05) is 57.6 Å². The third-order valence-electron chi connectivity index (χ3n) is 5.53. The number of carbonyl (C=O) groups is 1. The van der Waals surface area contributed by atoms with Gasteiger partial charge in [0.2, 0.25) is 0 Å². The number of nitrogens with zero attached hydrogens (tertiary/aromatic N) is 4. The number of nitrogens with one attached hydrogen (secondary N) is 1. The van der Waals surface area contributed by atoms with Crippen molar-refractivity contribution in [3.8, 4) is 0 Å². The van der Waals surface area contributed by atoms with Crippen molar-refractivity contribution < 1.29 is 9.18 Å². The molecule has 1 aliphatic rings. The van der Waals surface area contributed by atoms with Crippen molar-refractivity contribution in [1.82, 2.24) is 19.4 Å². The van der Waals surface area contributed by atoms with Crippen LogP contribution < -0.4 is 10.9 Å². The topological polar surface area (TPSA) is 70.5 Å². The average Bonchev–Trinajstić information content (AvgIpc) is 2.78. The van der Waals surface area contributed by atoms with Gasteiger partial charge in [-0.25, -0.2) is 9.37 Å². The summed E-state index contributed by atoms with van der Waals surface area (Å²) in [6, 6.07) is 11.2. The second kappa shape index (κ2) is 8.62. The number of carbonyl (C=O) groups excluding carboxylic acids is 1. The predicted molar refractivity (Wildman–Crippen MR) is 114 cm³/mol. The second-order valence-corrected chi connectivity index (χ2v) is 7.33. The minimum atomic E-state index is -0.350. The Labute approximate surface area is 173 Å². The van der Waals surface area contributed by atoms with E-state index in [4.69, 9.17) is 0 Å². The largest absolute Gasteiger partial charge is 0.387 e. The third kappa shape index (κ3) is 4.04. The number of rotatable bonds is 5. The van der Waals surface area contributed by atoms with Crippen molar-refractivity contribution in [2.24, 2.45) is 0 Å². The summed E-state index contributed by atoms with van der Waals surface area (Å²) in [5, 5.41) is 3.65. The molecular formula is C22H24FN5O2. The van der Waals surface area contributed by atoms with Gasteiger partial charge in [0.25, 0.3) is 11.5 Å². The molecule has 7 nitrogen and oxygen atoms in total. The van der Waals surface area contributed by atoms with Gasteiger partial charge >= 0.3 is 0 Å². The molecule has 2 heterocycles. The summed E-state index contributed by atoms with van der Waals surface area (Å²) in [5.74, 6) is -0.430. The van der Waals surface area contributed by atoms with E-state index >= 15 is 0 Å². The van der Waals surface area contributed by atoms with E-state index < -0.39 is 0 Å². The summed E-state index contributed by atoms with van der Waals surface area (Å²) in [6.07, 6.45) is 1.60. The fourth-order valence-corrected chi connectivity index (χ4v) is 3.77. The van der Waals surface area contributed by atoms with E-state index in [9.17, 15) is 14.0 Å². The van der Waals surface area contributed by atoms with E-state index in [0.29, 0.717) is 42.6 Å². The molecule has 0 saturated carbocycles. The highest BCUT2D eigenvalue weighted by atomic mass is 19.1. The van der Waals surface area contributed by atoms with Crippen LogP contribution in [0.4, 0.5) is 10.1 Å². The van der Waals surface area contributed by atoms with Crippen LogP contribution in [-0.2, 0) is 6.54 Å². The summed E-state index contributed by atoms with van der Waals surface area (Å²) in [5.41, 5.74) is 1.89. The predicted octanol–water partition coefficient (Wildman–Crippen LogP) is 2.04. The van der Waals surface area contributed by atoms with Gasteiger partial charge in [0.05, 0.1) is 17.2 Å². The van der Waals surface area contributed by atoms with E-state index in [0.717, 1.165) is 18.8 Å². The molecule has 1 fully saturated rings. The van der Waals surface area contributed by atoms with E-state index in [1.807, 2.05) is 18.2 Å². The van der Waals surface area contributed by atoms with Crippen LogP contribution in [0.15, 0.2) is 53.6 Å². The van der Waals surface area contributed by atoms with Gasteiger partial charge in [-0.05, 0) is 36.4 Å². The van der Waals surface area contributed by atoms with Crippen LogP contribution in [-0.4, -0.2) is 65.0 Å². The van der Waals surface area contributed by atoms with Gasteiger partial charge in [-0.15, -0.1) is 0 Å².